The number of aryl methyl sites for hydroxylation is 6. The number of rotatable bonds is 2. The Kier molecular flexibility index (Phi) is 12.1. The molecule has 2 aromatic carbocycles. The highest BCUT2D eigenvalue weighted by molar-refractivity contribution is 5.84. The molecule has 0 bridgehead atoms. The number of terminal acetylenes is 1. The van der Waals surface area contributed by atoms with Crippen molar-refractivity contribution in [3.8, 4) is 12.8 Å². The summed E-state index contributed by atoms with van der Waals surface area (Å²) in [6, 6.07) is 9.07. The summed E-state index contributed by atoms with van der Waals surface area (Å²) in [7, 11) is 0. The van der Waals surface area contributed by atoms with Crippen LogP contribution in [0.25, 0.3) is 11.6 Å². The molecule has 26 heavy (non-hydrogen) atoms. The highest BCUT2D eigenvalue weighted by atomic mass is 14.1. The van der Waals surface area contributed by atoms with Gasteiger partial charge in [-0.1, -0.05) is 62.7 Å². The van der Waals surface area contributed by atoms with Gasteiger partial charge in [-0.15, -0.1) is 12.8 Å². The van der Waals surface area contributed by atoms with Gasteiger partial charge in [-0.05, 0) is 87.4 Å². The van der Waals surface area contributed by atoms with E-state index in [4.69, 9.17) is 0 Å². The molecule has 0 aliphatic carbocycles. The average Bonchev–Trinajstić information content (AvgIpc) is 2.53. The van der Waals surface area contributed by atoms with Crippen LogP contribution in [0.3, 0.4) is 0 Å². The summed E-state index contributed by atoms with van der Waals surface area (Å²) in [5.41, 5.74) is 12.2. The molecule has 0 nitrogen and oxygen atoms in total. The average molecular weight is 351 g/mol. The van der Waals surface area contributed by atoms with Crippen LogP contribution in [-0.2, 0) is 0 Å². The van der Waals surface area contributed by atoms with E-state index in [1.165, 1.54) is 50.1 Å². The molecule has 2 rings (SSSR count). The van der Waals surface area contributed by atoms with Gasteiger partial charge in [-0.3, -0.25) is 0 Å². The molecule has 0 amide bonds. The second-order valence-corrected chi connectivity index (χ2v) is 6.41. The van der Waals surface area contributed by atoms with Crippen molar-refractivity contribution in [1.29, 1.82) is 0 Å². The van der Waals surface area contributed by atoms with Gasteiger partial charge in [0.15, 0.2) is 0 Å². The van der Waals surface area contributed by atoms with Gasteiger partial charge in [0, 0.05) is 0 Å². The lowest BCUT2D eigenvalue weighted by Crippen LogP contribution is -1.94. The number of allylic oxidation sites excluding steroid dienone is 1. The molecule has 0 heterocycles. The van der Waals surface area contributed by atoms with Gasteiger partial charge in [-0.2, -0.15) is 0 Å². The van der Waals surface area contributed by atoms with Crippen LogP contribution in [-0.4, -0.2) is 0 Å². The topological polar surface area (TPSA) is 0 Å². The van der Waals surface area contributed by atoms with E-state index in [0.29, 0.717) is 0 Å². The van der Waals surface area contributed by atoms with E-state index in [2.05, 4.69) is 91.7 Å². The fraction of sp³-hybridized carbons (Fsp3) is 0.385. The lowest BCUT2D eigenvalue weighted by atomic mass is 9.91. The lowest BCUT2D eigenvalue weighted by molar-refractivity contribution is 1.28. The van der Waals surface area contributed by atoms with E-state index in [1.807, 2.05) is 13.8 Å². The second-order valence-electron chi connectivity index (χ2n) is 6.41. The minimum absolute atomic E-state index is 0. The molecule has 0 N–H and O–H groups in total. The molecule has 0 saturated heterocycles. The molecular formula is C26H38. The van der Waals surface area contributed by atoms with Crippen molar-refractivity contribution in [3.05, 3.63) is 68.8 Å². The highest BCUT2D eigenvalue weighted by Gasteiger charge is 2.08. The number of benzene rings is 2. The Bertz CT molecular complexity index is 709. The predicted octanol–water partition coefficient (Wildman–Crippen LogP) is 8.01. The third-order valence-corrected chi connectivity index (χ3v) is 4.17. The number of hydrogen-bond donors (Lipinski definition) is 0. The lowest BCUT2D eigenvalue weighted by Gasteiger charge is -2.14. The Labute approximate surface area is 163 Å². The maximum atomic E-state index is 4.00. The first-order chi connectivity index (χ1) is 11.8. The van der Waals surface area contributed by atoms with Crippen molar-refractivity contribution in [2.45, 2.75) is 69.7 Å². The summed E-state index contributed by atoms with van der Waals surface area (Å²) in [6.45, 7) is 19.4. The van der Waals surface area contributed by atoms with Gasteiger partial charge < -0.3 is 0 Å². The first kappa shape index (κ1) is 26.0. The third-order valence-electron chi connectivity index (χ3n) is 4.17. The van der Waals surface area contributed by atoms with Crippen molar-refractivity contribution in [3.63, 3.8) is 0 Å². The van der Waals surface area contributed by atoms with Crippen molar-refractivity contribution in [2.75, 3.05) is 0 Å². The fourth-order valence-corrected chi connectivity index (χ4v) is 3.51. The third kappa shape index (κ3) is 6.57. The Hall–Kier alpha value is -2.26. The molecule has 0 spiro atoms. The van der Waals surface area contributed by atoms with E-state index in [-0.39, 0.29) is 7.43 Å². The molecule has 0 atom stereocenters. The maximum Gasteiger partial charge on any atom is -0.0168 e. The quantitative estimate of drug-likeness (QED) is 0.380. The largest absolute Gasteiger partial charge is 0.124 e. The van der Waals surface area contributed by atoms with Gasteiger partial charge in [0.1, 0.15) is 0 Å². The summed E-state index contributed by atoms with van der Waals surface area (Å²) in [4.78, 5) is 0. The van der Waals surface area contributed by atoms with Gasteiger partial charge >= 0.3 is 0 Å². The summed E-state index contributed by atoms with van der Waals surface area (Å²) in [6.07, 6.45) is 10.3. The van der Waals surface area contributed by atoms with E-state index in [9.17, 15) is 0 Å². The summed E-state index contributed by atoms with van der Waals surface area (Å²) in [5, 5.41) is 0. The fourth-order valence-electron chi connectivity index (χ4n) is 3.51. The second kappa shape index (κ2) is 12.2. The molecule has 0 aromatic heterocycles. The van der Waals surface area contributed by atoms with E-state index in [1.54, 1.807) is 0 Å². The van der Waals surface area contributed by atoms with Crippen LogP contribution in [0, 0.1) is 54.4 Å². The minimum atomic E-state index is 0. The molecule has 0 aliphatic rings. The molecule has 142 valence electrons. The van der Waals surface area contributed by atoms with Crippen molar-refractivity contribution < 1.29 is 0 Å². The van der Waals surface area contributed by atoms with Crippen molar-refractivity contribution in [1.82, 2.24) is 0 Å². The first-order valence-corrected chi connectivity index (χ1v) is 8.97. The van der Waals surface area contributed by atoms with E-state index < -0.39 is 0 Å². The van der Waals surface area contributed by atoms with Crippen LogP contribution >= 0.6 is 0 Å². The molecule has 0 unspecified atom stereocenters. The smallest absolute Gasteiger partial charge is 0.0168 e. The Morgan fingerprint density at radius 2 is 1.00 bits per heavy atom. The molecule has 0 fully saturated rings. The molecular weight excluding hydrogens is 312 g/mol. The molecule has 0 saturated carbocycles. The summed E-state index contributed by atoms with van der Waals surface area (Å²) in [5.74, 6) is 0. The number of hydrogen-bond acceptors (Lipinski definition) is 0. The van der Waals surface area contributed by atoms with Gasteiger partial charge in [0.25, 0.3) is 0 Å². The Balaban J connectivity index is 0. The molecule has 0 radical (unpaired) electrons. The standard InChI is InChI=1S/C21H26.C2H6.C2H2.CH4/c1-13-8-15(3)20(16(4)9-13)12-19(7)21-17(5)10-14(2)11-18(21)6;2*1-2;/h8-12H,1-7H3;1-2H3;1-2H;1H4/b19-12+;;;. The van der Waals surface area contributed by atoms with E-state index >= 15 is 0 Å². The van der Waals surface area contributed by atoms with Gasteiger partial charge in [-0.25, -0.2) is 0 Å². The van der Waals surface area contributed by atoms with Crippen LogP contribution in [0.4, 0.5) is 0 Å². The molecule has 0 heteroatoms. The van der Waals surface area contributed by atoms with Crippen molar-refractivity contribution >= 4 is 11.6 Å². The monoisotopic (exact) mass is 350 g/mol. The van der Waals surface area contributed by atoms with Gasteiger partial charge in [0.2, 0.25) is 0 Å². The van der Waals surface area contributed by atoms with Crippen molar-refractivity contribution in [2.24, 2.45) is 0 Å². The zero-order valence-electron chi connectivity index (χ0n) is 17.5. The molecule has 2 aromatic rings. The zero-order chi connectivity index (χ0) is 19.7. The van der Waals surface area contributed by atoms with Crippen LogP contribution < -0.4 is 0 Å². The Morgan fingerprint density at radius 3 is 1.35 bits per heavy atom. The first-order valence-electron chi connectivity index (χ1n) is 8.97. The normalized spacial score (nSPS) is 9.88. The Morgan fingerprint density at radius 1 is 0.692 bits per heavy atom. The maximum absolute atomic E-state index is 4.00. The summed E-state index contributed by atoms with van der Waals surface area (Å²) >= 11 is 0. The van der Waals surface area contributed by atoms with Crippen LogP contribution in [0.1, 0.15) is 72.7 Å². The van der Waals surface area contributed by atoms with Crippen LogP contribution in [0.15, 0.2) is 24.3 Å². The summed E-state index contributed by atoms with van der Waals surface area (Å²) < 4.78 is 0. The van der Waals surface area contributed by atoms with Crippen LogP contribution in [0.2, 0.25) is 0 Å². The predicted molar refractivity (Wildman–Crippen MR) is 123 cm³/mol. The SMILES string of the molecule is C.C#C.C/C(=C\c1c(C)cc(C)cc1C)c1c(C)cc(C)cc1C.CC. The zero-order valence-corrected chi connectivity index (χ0v) is 17.5. The van der Waals surface area contributed by atoms with Gasteiger partial charge in [0.05, 0.1) is 0 Å². The molecule has 0 aliphatic heterocycles. The highest BCUT2D eigenvalue weighted by Crippen LogP contribution is 2.28. The van der Waals surface area contributed by atoms with E-state index in [0.717, 1.165) is 0 Å². The minimum Gasteiger partial charge on any atom is -0.124 e. The van der Waals surface area contributed by atoms with Crippen LogP contribution in [0.5, 0.6) is 0 Å².